The van der Waals surface area contributed by atoms with Crippen LogP contribution in [0.15, 0.2) is 36.4 Å². The molecule has 0 bridgehead atoms. The molecule has 5 nitrogen and oxygen atoms in total. The summed E-state index contributed by atoms with van der Waals surface area (Å²) in [6.07, 6.45) is 0. The Morgan fingerprint density at radius 3 is 2.33 bits per heavy atom. The number of rotatable bonds is 3. The molecule has 2 amide bonds. The van der Waals surface area contributed by atoms with E-state index in [2.05, 4.69) is 29.0 Å². The molecule has 0 radical (unpaired) electrons. The Morgan fingerprint density at radius 1 is 1.00 bits per heavy atom. The van der Waals surface area contributed by atoms with Gasteiger partial charge in [0.1, 0.15) is 0 Å². The minimum Gasteiger partial charge on any atom is -0.377 e. The summed E-state index contributed by atoms with van der Waals surface area (Å²) in [5, 5.41) is 3.77. The second-order valence-electron chi connectivity index (χ2n) is 7.23. The Balaban J connectivity index is 1.60. The van der Waals surface area contributed by atoms with Crippen molar-refractivity contribution in [2.45, 2.75) is 13.8 Å². The molecule has 1 saturated heterocycles. The van der Waals surface area contributed by atoms with Crippen molar-refractivity contribution in [3.63, 3.8) is 0 Å². The van der Waals surface area contributed by atoms with Crippen molar-refractivity contribution >= 4 is 34.7 Å². The average molecular weight is 387 g/mol. The lowest BCUT2D eigenvalue weighted by molar-refractivity contribution is 0.208. The number of nitrogens with zero attached hydrogens (tertiary/aromatic N) is 3. The van der Waals surface area contributed by atoms with Crippen LogP contribution in [0.25, 0.3) is 0 Å². The van der Waals surface area contributed by atoms with Crippen molar-refractivity contribution in [2.75, 3.05) is 55.4 Å². The quantitative estimate of drug-likeness (QED) is 0.850. The highest BCUT2D eigenvalue weighted by molar-refractivity contribution is 6.30. The van der Waals surface area contributed by atoms with Crippen molar-refractivity contribution in [2.24, 2.45) is 0 Å². The topological polar surface area (TPSA) is 38.8 Å². The number of carbonyl (C=O) groups is 1. The Labute approximate surface area is 166 Å². The predicted octanol–water partition coefficient (Wildman–Crippen LogP) is 4.38. The average Bonchev–Trinajstić information content (AvgIpc) is 2.63. The smallest absolute Gasteiger partial charge is 0.321 e. The maximum atomic E-state index is 12.6. The third-order valence-electron chi connectivity index (χ3n) is 5.01. The SMILES string of the molecule is Cc1cc(NC(=O)N2CCN(c3cc(Cl)ccc3C)CC2)ccc1N(C)C. The third-order valence-corrected chi connectivity index (χ3v) is 5.24. The zero-order valence-corrected chi connectivity index (χ0v) is 17.2. The van der Waals surface area contributed by atoms with Crippen LogP contribution in [0.5, 0.6) is 0 Å². The molecule has 0 spiro atoms. The van der Waals surface area contributed by atoms with Crippen molar-refractivity contribution < 1.29 is 4.79 Å². The number of hydrogen-bond donors (Lipinski definition) is 1. The summed E-state index contributed by atoms with van der Waals surface area (Å²) < 4.78 is 0. The van der Waals surface area contributed by atoms with Crippen LogP contribution >= 0.6 is 11.6 Å². The fraction of sp³-hybridized carbons (Fsp3) is 0.381. The van der Waals surface area contributed by atoms with Crippen LogP contribution < -0.4 is 15.1 Å². The van der Waals surface area contributed by atoms with E-state index in [-0.39, 0.29) is 6.03 Å². The van der Waals surface area contributed by atoms with E-state index in [1.807, 2.05) is 55.4 Å². The molecule has 2 aromatic rings. The third kappa shape index (κ3) is 4.48. The van der Waals surface area contributed by atoms with Gasteiger partial charge in [-0.2, -0.15) is 0 Å². The standard InChI is InChI=1S/C21H27ClN4O/c1-15-5-6-17(22)14-20(15)25-9-11-26(12-10-25)21(27)23-18-7-8-19(24(3)4)16(2)13-18/h5-8,13-14H,9-12H2,1-4H3,(H,23,27). The maximum absolute atomic E-state index is 12.6. The van der Waals surface area contributed by atoms with Gasteiger partial charge in [0.25, 0.3) is 0 Å². The van der Waals surface area contributed by atoms with E-state index in [0.29, 0.717) is 13.1 Å². The largest absolute Gasteiger partial charge is 0.377 e. The van der Waals surface area contributed by atoms with E-state index in [9.17, 15) is 4.79 Å². The van der Waals surface area contributed by atoms with Gasteiger partial charge in [-0.05, 0) is 55.3 Å². The van der Waals surface area contributed by atoms with E-state index >= 15 is 0 Å². The van der Waals surface area contributed by atoms with E-state index in [1.165, 1.54) is 5.56 Å². The molecule has 3 rings (SSSR count). The molecule has 0 atom stereocenters. The zero-order chi connectivity index (χ0) is 19.6. The number of piperazine rings is 1. The van der Waals surface area contributed by atoms with Gasteiger partial charge in [0.15, 0.2) is 0 Å². The van der Waals surface area contributed by atoms with Gasteiger partial charge in [0.2, 0.25) is 0 Å². The Bertz CT molecular complexity index is 829. The molecule has 0 unspecified atom stereocenters. The predicted molar refractivity (Wildman–Crippen MR) is 114 cm³/mol. The summed E-state index contributed by atoms with van der Waals surface area (Å²) in [6, 6.07) is 11.9. The second-order valence-corrected chi connectivity index (χ2v) is 7.67. The summed E-state index contributed by atoms with van der Waals surface area (Å²) in [6.45, 7) is 7.11. The minimum absolute atomic E-state index is 0.0468. The highest BCUT2D eigenvalue weighted by atomic mass is 35.5. The highest BCUT2D eigenvalue weighted by Crippen LogP contribution is 2.26. The summed E-state index contributed by atoms with van der Waals surface area (Å²) in [5.74, 6) is 0. The number of amides is 2. The van der Waals surface area contributed by atoms with Crippen LogP contribution in [-0.2, 0) is 0 Å². The van der Waals surface area contributed by atoms with Gasteiger partial charge in [0, 0.05) is 62.4 Å². The van der Waals surface area contributed by atoms with Crippen LogP contribution in [0, 0.1) is 13.8 Å². The van der Waals surface area contributed by atoms with Gasteiger partial charge >= 0.3 is 6.03 Å². The Hall–Kier alpha value is -2.40. The molecular formula is C21H27ClN4O. The van der Waals surface area contributed by atoms with Gasteiger partial charge in [0.05, 0.1) is 0 Å². The van der Waals surface area contributed by atoms with Crippen LogP contribution in [0.1, 0.15) is 11.1 Å². The molecule has 27 heavy (non-hydrogen) atoms. The lowest BCUT2D eigenvalue weighted by atomic mass is 10.1. The van der Waals surface area contributed by atoms with E-state index < -0.39 is 0 Å². The van der Waals surface area contributed by atoms with Gasteiger partial charge in [-0.3, -0.25) is 0 Å². The fourth-order valence-electron chi connectivity index (χ4n) is 3.51. The lowest BCUT2D eigenvalue weighted by Crippen LogP contribution is -2.50. The number of halogens is 1. The Kier molecular flexibility index (Phi) is 5.80. The number of benzene rings is 2. The molecule has 1 aliphatic heterocycles. The Morgan fingerprint density at radius 2 is 1.70 bits per heavy atom. The fourth-order valence-corrected chi connectivity index (χ4v) is 3.68. The highest BCUT2D eigenvalue weighted by Gasteiger charge is 2.22. The van der Waals surface area contributed by atoms with Gasteiger partial charge < -0.3 is 20.0 Å². The minimum atomic E-state index is -0.0468. The molecule has 0 aliphatic carbocycles. The second kappa shape index (κ2) is 8.09. The summed E-state index contributed by atoms with van der Waals surface area (Å²) in [4.78, 5) is 18.9. The van der Waals surface area contributed by atoms with Crippen molar-refractivity contribution in [1.29, 1.82) is 0 Å². The monoisotopic (exact) mass is 386 g/mol. The lowest BCUT2D eigenvalue weighted by Gasteiger charge is -2.36. The molecular weight excluding hydrogens is 360 g/mol. The molecule has 2 aromatic carbocycles. The number of nitrogens with one attached hydrogen (secondary N) is 1. The van der Waals surface area contributed by atoms with E-state index in [4.69, 9.17) is 11.6 Å². The molecule has 6 heteroatoms. The van der Waals surface area contributed by atoms with E-state index in [1.54, 1.807) is 0 Å². The summed E-state index contributed by atoms with van der Waals surface area (Å²) in [5.41, 5.74) is 5.47. The molecule has 1 heterocycles. The summed E-state index contributed by atoms with van der Waals surface area (Å²) >= 11 is 6.14. The number of anilines is 3. The normalized spacial score (nSPS) is 14.3. The van der Waals surface area contributed by atoms with Crippen molar-refractivity contribution in [3.8, 4) is 0 Å². The molecule has 1 aliphatic rings. The first kappa shape index (κ1) is 19.4. The number of hydrogen-bond acceptors (Lipinski definition) is 3. The van der Waals surface area contributed by atoms with Gasteiger partial charge in [-0.1, -0.05) is 17.7 Å². The molecule has 1 fully saturated rings. The van der Waals surface area contributed by atoms with Crippen LogP contribution in [0.2, 0.25) is 5.02 Å². The van der Waals surface area contributed by atoms with Gasteiger partial charge in [-0.25, -0.2) is 4.79 Å². The van der Waals surface area contributed by atoms with Crippen molar-refractivity contribution in [1.82, 2.24) is 4.90 Å². The molecule has 1 N–H and O–H groups in total. The summed E-state index contributed by atoms with van der Waals surface area (Å²) in [7, 11) is 4.03. The number of urea groups is 1. The maximum Gasteiger partial charge on any atom is 0.321 e. The van der Waals surface area contributed by atoms with Crippen LogP contribution in [0.4, 0.5) is 21.9 Å². The molecule has 0 saturated carbocycles. The first-order valence-corrected chi connectivity index (χ1v) is 9.58. The molecule has 0 aromatic heterocycles. The zero-order valence-electron chi connectivity index (χ0n) is 16.4. The number of aryl methyl sites for hydroxylation is 2. The first-order chi connectivity index (χ1) is 12.8. The first-order valence-electron chi connectivity index (χ1n) is 9.20. The van der Waals surface area contributed by atoms with Crippen LogP contribution in [-0.4, -0.2) is 51.2 Å². The molecule has 144 valence electrons. The van der Waals surface area contributed by atoms with Crippen LogP contribution in [0.3, 0.4) is 0 Å². The van der Waals surface area contributed by atoms with Crippen molar-refractivity contribution in [3.05, 3.63) is 52.5 Å². The van der Waals surface area contributed by atoms with E-state index in [0.717, 1.165) is 40.7 Å². The number of carbonyl (C=O) groups excluding carboxylic acids is 1. The van der Waals surface area contributed by atoms with Gasteiger partial charge in [-0.15, -0.1) is 0 Å².